The number of hydrogen-bond acceptors (Lipinski definition) is 6. The molecule has 2 heterocycles. The summed E-state index contributed by atoms with van der Waals surface area (Å²) in [4.78, 5) is 11.8. The van der Waals surface area contributed by atoms with Crippen molar-refractivity contribution in [1.82, 2.24) is 9.78 Å². The summed E-state index contributed by atoms with van der Waals surface area (Å²) in [5.74, 6) is 0.401. The highest BCUT2D eigenvalue weighted by Gasteiger charge is 2.15. The van der Waals surface area contributed by atoms with Gasteiger partial charge in [-0.1, -0.05) is 30.3 Å². The van der Waals surface area contributed by atoms with Gasteiger partial charge in [-0.3, -0.25) is 0 Å². The quantitative estimate of drug-likeness (QED) is 0.574. The molecule has 0 spiro atoms. The van der Waals surface area contributed by atoms with E-state index in [1.165, 1.54) is 6.26 Å². The minimum absolute atomic E-state index is 0.0216. The second kappa shape index (κ2) is 6.89. The average Bonchev–Trinajstić information content (AvgIpc) is 3.30. The minimum atomic E-state index is -0.922. The molecule has 0 radical (unpaired) electrons. The highest BCUT2D eigenvalue weighted by Crippen LogP contribution is 2.20. The van der Waals surface area contributed by atoms with E-state index in [-0.39, 0.29) is 19.0 Å². The van der Waals surface area contributed by atoms with Crippen LogP contribution >= 0.6 is 0 Å². The maximum Gasteiger partial charge on any atom is 0.437 e. The van der Waals surface area contributed by atoms with E-state index >= 15 is 0 Å². The molecule has 2 aromatic heterocycles. The highest BCUT2D eigenvalue weighted by molar-refractivity contribution is 5.83. The molecule has 26 heavy (non-hydrogen) atoms. The van der Waals surface area contributed by atoms with E-state index in [0.717, 1.165) is 15.5 Å². The molecule has 0 bridgehead atoms. The number of aromatic nitrogens is 2. The molecule has 4 rings (SSSR count). The van der Waals surface area contributed by atoms with Crippen molar-refractivity contribution in [2.45, 2.75) is 12.6 Å². The summed E-state index contributed by atoms with van der Waals surface area (Å²) in [5, 5.41) is 16.3. The summed E-state index contributed by atoms with van der Waals surface area (Å²) in [6, 6.07) is 16.9. The van der Waals surface area contributed by atoms with Crippen LogP contribution in [0.5, 0.6) is 5.75 Å². The van der Waals surface area contributed by atoms with Gasteiger partial charge in [-0.2, -0.15) is 4.68 Å². The van der Waals surface area contributed by atoms with Gasteiger partial charge in [0.25, 0.3) is 5.89 Å². The van der Waals surface area contributed by atoms with E-state index in [9.17, 15) is 9.90 Å². The maximum atomic E-state index is 11.8. The van der Waals surface area contributed by atoms with E-state index in [1.54, 1.807) is 12.1 Å². The van der Waals surface area contributed by atoms with Crippen LogP contribution in [0.3, 0.4) is 0 Å². The molecular formula is C19H16N2O5. The first-order valence-electron chi connectivity index (χ1n) is 8.10. The first kappa shape index (κ1) is 16.2. The van der Waals surface area contributed by atoms with E-state index < -0.39 is 11.9 Å². The molecule has 1 unspecified atom stereocenters. The van der Waals surface area contributed by atoms with Gasteiger partial charge in [0.15, 0.2) is 5.76 Å². The second-order valence-electron chi connectivity index (χ2n) is 5.81. The summed E-state index contributed by atoms with van der Waals surface area (Å²) in [7, 11) is 0. The summed E-state index contributed by atoms with van der Waals surface area (Å²) in [6.07, 6.45) is 0.536. The van der Waals surface area contributed by atoms with E-state index in [4.69, 9.17) is 13.6 Å². The standard InChI is InChI=1S/C19H16N2O5/c22-15(11-21-19(23)26-18(20-21)17-6-3-9-24-17)12-25-16-8-7-13-4-1-2-5-14(13)10-16/h1-10,15,22H,11-12H2. The SMILES string of the molecule is O=c1oc(-c2ccco2)nn1CC(O)COc1ccc2ccccc2c1. The Balaban J connectivity index is 1.40. The first-order chi connectivity index (χ1) is 12.7. The highest BCUT2D eigenvalue weighted by atomic mass is 16.5. The van der Waals surface area contributed by atoms with Gasteiger partial charge in [0, 0.05) is 0 Å². The molecule has 7 heteroatoms. The summed E-state index contributed by atoms with van der Waals surface area (Å²) in [6.45, 7) is -0.0235. The Morgan fingerprint density at radius 1 is 1.12 bits per heavy atom. The van der Waals surface area contributed by atoms with Crippen molar-refractivity contribution in [3.8, 4) is 17.4 Å². The van der Waals surface area contributed by atoms with Crippen LogP contribution in [0, 0.1) is 0 Å². The van der Waals surface area contributed by atoms with Crippen molar-refractivity contribution in [1.29, 1.82) is 0 Å². The number of ether oxygens (including phenoxy) is 1. The topological polar surface area (TPSA) is 90.6 Å². The van der Waals surface area contributed by atoms with Crippen LogP contribution in [-0.4, -0.2) is 27.6 Å². The first-order valence-corrected chi connectivity index (χ1v) is 8.10. The maximum absolute atomic E-state index is 11.8. The molecule has 0 saturated heterocycles. The predicted molar refractivity (Wildman–Crippen MR) is 93.9 cm³/mol. The van der Waals surface area contributed by atoms with Crippen molar-refractivity contribution < 1.29 is 18.7 Å². The lowest BCUT2D eigenvalue weighted by molar-refractivity contribution is 0.0876. The van der Waals surface area contributed by atoms with Crippen LogP contribution in [0.4, 0.5) is 0 Å². The molecule has 0 fully saturated rings. The lowest BCUT2D eigenvalue weighted by Crippen LogP contribution is -2.29. The van der Waals surface area contributed by atoms with E-state index in [2.05, 4.69) is 5.10 Å². The Kier molecular flexibility index (Phi) is 4.28. The fourth-order valence-electron chi connectivity index (χ4n) is 2.62. The molecule has 1 N–H and O–H groups in total. The molecular weight excluding hydrogens is 336 g/mol. The Labute approximate surface area is 148 Å². The van der Waals surface area contributed by atoms with Gasteiger partial charge in [0.1, 0.15) is 18.5 Å². The lowest BCUT2D eigenvalue weighted by atomic mass is 10.1. The van der Waals surface area contributed by atoms with Crippen molar-refractivity contribution in [3.05, 3.63) is 71.4 Å². The number of hydrogen-bond donors (Lipinski definition) is 1. The molecule has 2 aromatic carbocycles. The molecule has 0 saturated carbocycles. The van der Waals surface area contributed by atoms with Gasteiger partial charge in [-0.05, 0) is 35.0 Å². The minimum Gasteiger partial charge on any atom is -0.491 e. The van der Waals surface area contributed by atoms with E-state index in [1.807, 2.05) is 42.5 Å². The molecule has 0 aliphatic heterocycles. The Morgan fingerprint density at radius 3 is 2.77 bits per heavy atom. The van der Waals surface area contributed by atoms with Gasteiger partial charge in [-0.15, -0.1) is 5.10 Å². The van der Waals surface area contributed by atoms with Crippen LogP contribution in [0.25, 0.3) is 22.4 Å². The second-order valence-corrected chi connectivity index (χ2v) is 5.81. The zero-order chi connectivity index (χ0) is 17.9. The van der Waals surface area contributed by atoms with Gasteiger partial charge < -0.3 is 18.7 Å². The van der Waals surface area contributed by atoms with Crippen LogP contribution in [-0.2, 0) is 6.54 Å². The number of aliphatic hydroxyl groups is 1. The largest absolute Gasteiger partial charge is 0.491 e. The predicted octanol–water partition coefficient (Wildman–Crippen LogP) is 2.69. The lowest BCUT2D eigenvalue weighted by Gasteiger charge is -2.12. The smallest absolute Gasteiger partial charge is 0.437 e. The summed E-state index contributed by atoms with van der Waals surface area (Å²) >= 11 is 0. The van der Waals surface area contributed by atoms with E-state index in [0.29, 0.717) is 11.5 Å². The van der Waals surface area contributed by atoms with Crippen LogP contribution < -0.4 is 10.5 Å². The molecule has 4 aromatic rings. The molecule has 0 aliphatic carbocycles. The van der Waals surface area contributed by atoms with Gasteiger partial charge in [0.2, 0.25) is 0 Å². The summed E-state index contributed by atoms with van der Waals surface area (Å²) in [5.41, 5.74) is 0. The monoisotopic (exact) mass is 352 g/mol. The van der Waals surface area contributed by atoms with Gasteiger partial charge >= 0.3 is 5.76 Å². The Bertz CT molecular complexity index is 1060. The van der Waals surface area contributed by atoms with Crippen molar-refractivity contribution in [2.75, 3.05) is 6.61 Å². The van der Waals surface area contributed by atoms with Crippen molar-refractivity contribution in [3.63, 3.8) is 0 Å². The molecule has 0 amide bonds. The number of fused-ring (bicyclic) bond motifs is 1. The van der Waals surface area contributed by atoms with Crippen LogP contribution in [0.2, 0.25) is 0 Å². The third kappa shape index (κ3) is 3.38. The fraction of sp³-hybridized carbons (Fsp3) is 0.158. The normalized spacial score (nSPS) is 12.3. The fourth-order valence-corrected chi connectivity index (χ4v) is 2.62. The number of benzene rings is 2. The third-order valence-corrected chi connectivity index (χ3v) is 3.89. The number of aliphatic hydroxyl groups excluding tert-OH is 1. The molecule has 0 aliphatic rings. The average molecular weight is 352 g/mol. The molecule has 1 atom stereocenters. The Hall–Kier alpha value is -3.32. The molecule has 7 nitrogen and oxygen atoms in total. The number of furan rings is 1. The van der Waals surface area contributed by atoms with Crippen LogP contribution in [0.1, 0.15) is 0 Å². The van der Waals surface area contributed by atoms with Crippen LogP contribution in [0.15, 0.2) is 74.5 Å². The van der Waals surface area contributed by atoms with Gasteiger partial charge in [0.05, 0.1) is 12.8 Å². The number of rotatable bonds is 6. The third-order valence-electron chi connectivity index (χ3n) is 3.89. The zero-order valence-corrected chi connectivity index (χ0v) is 13.7. The summed E-state index contributed by atoms with van der Waals surface area (Å²) < 4.78 is 16.8. The van der Waals surface area contributed by atoms with Crippen molar-refractivity contribution >= 4 is 10.8 Å². The zero-order valence-electron chi connectivity index (χ0n) is 13.7. The molecule has 132 valence electrons. The van der Waals surface area contributed by atoms with Crippen molar-refractivity contribution in [2.24, 2.45) is 0 Å². The van der Waals surface area contributed by atoms with Gasteiger partial charge in [-0.25, -0.2) is 4.79 Å². The number of nitrogens with zero attached hydrogens (tertiary/aromatic N) is 2. The Morgan fingerprint density at radius 2 is 1.96 bits per heavy atom.